The highest BCUT2D eigenvalue weighted by Crippen LogP contribution is 2.27. The zero-order valence-electron chi connectivity index (χ0n) is 12.9. The Morgan fingerprint density at radius 3 is 2.87 bits per heavy atom. The van der Waals surface area contributed by atoms with Gasteiger partial charge in [-0.1, -0.05) is 0 Å². The number of carbonyl (C=O) groups excluding carboxylic acids is 1. The Hall–Kier alpha value is -1.70. The monoisotopic (exact) mass is 331 g/mol. The van der Waals surface area contributed by atoms with Crippen molar-refractivity contribution in [1.82, 2.24) is 15.3 Å². The summed E-state index contributed by atoms with van der Waals surface area (Å²) in [5.74, 6) is 0.179. The van der Waals surface area contributed by atoms with Gasteiger partial charge < -0.3 is 10.1 Å². The van der Waals surface area contributed by atoms with Gasteiger partial charge in [0.1, 0.15) is 11.5 Å². The van der Waals surface area contributed by atoms with Gasteiger partial charge in [0.05, 0.1) is 0 Å². The summed E-state index contributed by atoms with van der Waals surface area (Å²) in [6.07, 6.45) is -2.04. The van der Waals surface area contributed by atoms with Crippen molar-refractivity contribution in [2.75, 3.05) is 19.8 Å². The van der Waals surface area contributed by atoms with E-state index in [1.807, 2.05) is 0 Å². The number of halogens is 3. The van der Waals surface area contributed by atoms with Crippen LogP contribution in [-0.4, -0.2) is 35.6 Å². The normalized spacial score (nSPS) is 18.7. The molecule has 0 aliphatic carbocycles. The van der Waals surface area contributed by atoms with Crippen molar-refractivity contribution < 1.29 is 22.7 Å². The van der Waals surface area contributed by atoms with Crippen molar-refractivity contribution in [3.05, 3.63) is 23.3 Å². The predicted octanol–water partition coefficient (Wildman–Crippen LogP) is 2.28. The van der Waals surface area contributed by atoms with Crippen LogP contribution in [0.2, 0.25) is 0 Å². The van der Waals surface area contributed by atoms with Gasteiger partial charge in [-0.2, -0.15) is 13.2 Å². The maximum absolute atomic E-state index is 12.7. The number of alkyl halides is 3. The van der Waals surface area contributed by atoms with E-state index in [9.17, 15) is 18.0 Å². The Labute approximate surface area is 132 Å². The minimum absolute atomic E-state index is 0.0821. The smallest absolute Gasteiger partial charge is 0.381 e. The fraction of sp³-hybridized carbons (Fsp3) is 0.667. The molecule has 2 heterocycles. The highest BCUT2D eigenvalue weighted by atomic mass is 19.4. The molecule has 128 valence electrons. The molecule has 1 aliphatic rings. The van der Waals surface area contributed by atoms with Crippen LogP contribution in [0.15, 0.2) is 6.07 Å². The molecule has 23 heavy (non-hydrogen) atoms. The topological polar surface area (TPSA) is 64.1 Å². The van der Waals surface area contributed by atoms with E-state index in [4.69, 9.17) is 4.74 Å². The number of amides is 1. The number of ether oxygens (including phenoxy) is 1. The van der Waals surface area contributed by atoms with Crippen LogP contribution in [0.1, 0.15) is 36.5 Å². The quantitative estimate of drug-likeness (QED) is 0.899. The summed E-state index contributed by atoms with van der Waals surface area (Å²) >= 11 is 0. The Bertz CT molecular complexity index is 543. The fourth-order valence-electron chi connectivity index (χ4n) is 2.50. The minimum atomic E-state index is -4.49. The molecule has 1 N–H and O–H groups in total. The van der Waals surface area contributed by atoms with E-state index in [2.05, 4.69) is 15.3 Å². The Morgan fingerprint density at radius 1 is 1.43 bits per heavy atom. The van der Waals surface area contributed by atoms with Crippen LogP contribution >= 0.6 is 0 Å². The first-order valence-electron chi connectivity index (χ1n) is 7.61. The molecule has 5 nitrogen and oxygen atoms in total. The first-order valence-corrected chi connectivity index (χ1v) is 7.61. The van der Waals surface area contributed by atoms with Gasteiger partial charge in [0, 0.05) is 38.3 Å². The summed E-state index contributed by atoms with van der Waals surface area (Å²) in [6.45, 7) is 3.03. The van der Waals surface area contributed by atoms with Gasteiger partial charge in [-0.15, -0.1) is 0 Å². The largest absolute Gasteiger partial charge is 0.433 e. The van der Waals surface area contributed by atoms with Crippen molar-refractivity contribution >= 4 is 5.91 Å². The standard InChI is InChI=1S/C15H20F3N3O2/c1-10-7-12(15(16,17)18)21-13(20-10)4-5-19-14(22)8-11-3-2-6-23-9-11/h7,11H,2-6,8-9H2,1H3,(H,19,22)/t11-/m0/s1. The number of nitrogens with zero attached hydrogens (tertiary/aromatic N) is 2. The minimum Gasteiger partial charge on any atom is -0.381 e. The molecule has 1 atom stereocenters. The second-order valence-corrected chi connectivity index (χ2v) is 5.70. The molecule has 1 aromatic heterocycles. The van der Waals surface area contributed by atoms with Crippen LogP contribution < -0.4 is 5.32 Å². The van der Waals surface area contributed by atoms with Crippen LogP contribution in [0, 0.1) is 12.8 Å². The van der Waals surface area contributed by atoms with Crippen LogP contribution in [0.3, 0.4) is 0 Å². The third-order valence-electron chi connectivity index (χ3n) is 3.59. The van der Waals surface area contributed by atoms with E-state index in [0.29, 0.717) is 13.0 Å². The van der Waals surface area contributed by atoms with Crippen molar-refractivity contribution in [2.24, 2.45) is 5.92 Å². The summed E-state index contributed by atoms with van der Waals surface area (Å²) in [5.41, 5.74) is -0.696. The molecule has 0 unspecified atom stereocenters. The van der Waals surface area contributed by atoms with Gasteiger partial charge in [0.15, 0.2) is 0 Å². The predicted molar refractivity (Wildman–Crippen MR) is 76.6 cm³/mol. The van der Waals surface area contributed by atoms with Gasteiger partial charge in [0.2, 0.25) is 5.91 Å². The molecule has 2 rings (SSSR count). The van der Waals surface area contributed by atoms with Crippen molar-refractivity contribution in [1.29, 1.82) is 0 Å². The SMILES string of the molecule is Cc1cc(C(F)(F)F)nc(CCNC(=O)C[C@@H]2CCCOC2)n1. The summed E-state index contributed by atoms with van der Waals surface area (Å²) < 4.78 is 43.4. The number of hydrogen-bond donors (Lipinski definition) is 1. The van der Waals surface area contributed by atoms with Gasteiger partial charge in [-0.05, 0) is 31.7 Å². The number of aromatic nitrogens is 2. The van der Waals surface area contributed by atoms with E-state index in [1.54, 1.807) is 0 Å². The molecular weight excluding hydrogens is 311 g/mol. The van der Waals surface area contributed by atoms with Crippen LogP contribution in [0.5, 0.6) is 0 Å². The average Bonchev–Trinajstić information content (AvgIpc) is 2.47. The maximum atomic E-state index is 12.7. The molecule has 1 amide bonds. The molecular formula is C15H20F3N3O2. The number of hydrogen-bond acceptors (Lipinski definition) is 4. The second-order valence-electron chi connectivity index (χ2n) is 5.70. The Balaban J connectivity index is 1.81. The number of rotatable bonds is 5. The molecule has 0 aromatic carbocycles. The number of aryl methyl sites for hydroxylation is 1. The highest BCUT2D eigenvalue weighted by Gasteiger charge is 2.33. The average molecular weight is 331 g/mol. The Kier molecular flexibility index (Phi) is 5.92. The second kappa shape index (κ2) is 7.72. The lowest BCUT2D eigenvalue weighted by molar-refractivity contribution is -0.141. The van der Waals surface area contributed by atoms with E-state index in [0.717, 1.165) is 25.5 Å². The summed E-state index contributed by atoms with van der Waals surface area (Å²) in [6, 6.07) is 0.908. The first-order chi connectivity index (χ1) is 10.8. The van der Waals surface area contributed by atoms with Crippen molar-refractivity contribution in [3.8, 4) is 0 Å². The molecule has 8 heteroatoms. The van der Waals surface area contributed by atoms with Gasteiger partial charge in [-0.3, -0.25) is 4.79 Å². The van der Waals surface area contributed by atoms with Crippen LogP contribution in [0.4, 0.5) is 13.2 Å². The van der Waals surface area contributed by atoms with Gasteiger partial charge in [-0.25, -0.2) is 9.97 Å². The van der Waals surface area contributed by atoms with E-state index < -0.39 is 11.9 Å². The van der Waals surface area contributed by atoms with E-state index in [1.165, 1.54) is 6.92 Å². The molecule has 1 saturated heterocycles. The van der Waals surface area contributed by atoms with Gasteiger partial charge >= 0.3 is 6.18 Å². The molecule has 0 bridgehead atoms. The van der Waals surface area contributed by atoms with Crippen molar-refractivity contribution in [3.63, 3.8) is 0 Å². The third kappa shape index (κ3) is 5.78. The van der Waals surface area contributed by atoms with Crippen molar-refractivity contribution in [2.45, 2.75) is 38.8 Å². The zero-order chi connectivity index (χ0) is 16.9. The van der Waals surface area contributed by atoms with Gasteiger partial charge in [0.25, 0.3) is 0 Å². The Morgan fingerprint density at radius 2 is 2.22 bits per heavy atom. The number of nitrogens with one attached hydrogen (secondary N) is 1. The first kappa shape index (κ1) is 17.7. The number of carbonyl (C=O) groups is 1. The molecule has 0 radical (unpaired) electrons. The lowest BCUT2D eigenvalue weighted by Crippen LogP contribution is -2.30. The summed E-state index contributed by atoms with van der Waals surface area (Å²) in [4.78, 5) is 19.3. The third-order valence-corrected chi connectivity index (χ3v) is 3.59. The van der Waals surface area contributed by atoms with Crippen LogP contribution in [-0.2, 0) is 22.1 Å². The fourth-order valence-corrected chi connectivity index (χ4v) is 2.50. The summed E-state index contributed by atoms with van der Waals surface area (Å²) in [7, 11) is 0. The highest BCUT2D eigenvalue weighted by molar-refractivity contribution is 5.76. The zero-order valence-corrected chi connectivity index (χ0v) is 12.9. The summed E-state index contributed by atoms with van der Waals surface area (Å²) in [5, 5.41) is 2.70. The lowest BCUT2D eigenvalue weighted by Gasteiger charge is -2.21. The van der Waals surface area contributed by atoms with E-state index in [-0.39, 0.29) is 36.3 Å². The van der Waals surface area contributed by atoms with E-state index >= 15 is 0 Å². The van der Waals surface area contributed by atoms with Crippen LogP contribution in [0.25, 0.3) is 0 Å². The molecule has 0 spiro atoms. The maximum Gasteiger partial charge on any atom is 0.433 e. The molecule has 1 aliphatic heterocycles. The molecule has 0 saturated carbocycles. The molecule has 1 aromatic rings. The molecule has 1 fully saturated rings. The lowest BCUT2D eigenvalue weighted by atomic mass is 9.98.